The first kappa shape index (κ1) is 19.3. The lowest BCUT2D eigenvalue weighted by Crippen LogP contribution is -2.30. The summed E-state index contributed by atoms with van der Waals surface area (Å²) in [7, 11) is 0. The van der Waals surface area contributed by atoms with E-state index in [4.69, 9.17) is 5.26 Å². The van der Waals surface area contributed by atoms with Crippen LogP contribution in [0.5, 0.6) is 0 Å². The Morgan fingerprint density at radius 1 is 1.05 bits per heavy atom. The Balaban J connectivity index is 0.00000116. The van der Waals surface area contributed by atoms with Crippen molar-refractivity contribution in [3.63, 3.8) is 0 Å². The molecule has 0 saturated heterocycles. The minimum Gasteiger partial charge on any atom is -0.301 e. The van der Waals surface area contributed by atoms with Gasteiger partial charge in [-0.25, -0.2) is 4.79 Å². The Morgan fingerprint density at radius 3 is 2.09 bits per heavy atom. The first-order valence-electron chi connectivity index (χ1n) is 6.59. The molecule has 0 saturated carbocycles. The maximum Gasteiger partial charge on any atom is 0.342 e. The van der Waals surface area contributed by atoms with Crippen LogP contribution in [-0.4, -0.2) is 34.5 Å². The van der Waals surface area contributed by atoms with E-state index in [-0.39, 0.29) is 18.2 Å². The molecule has 6 nitrogen and oxygen atoms in total. The summed E-state index contributed by atoms with van der Waals surface area (Å²) in [5, 5.41) is 8.09. The average molecular weight is 531 g/mol. The SMILES string of the molecule is II.O=C(CCCCCN1C(=O)c2ccccc2C1=O)OO. The zero-order chi connectivity index (χ0) is 16.5. The highest BCUT2D eigenvalue weighted by molar-refractivity contribution is 15.0. The predicted octanol–water partition coefficient (Wildman–Crippen LogP) is 3.63. The summed E-state index contributed by atoms with van der Waals surface area (Å²) < 4.78 is 0. The topological polar surface area (TPSA) is 83.9 Å². The number of benzene rings is 1. The Morgan fingerprint density at radius 2 is 1.59 bits per heavy atom. The van der Waals surface area contributed by atoms with Crippen LogP contribution in [0.15, 0.2) is 24.3 Å². The predicted molar refractivity (Wildman–Crippen MR) is 97.0 cm³/mol. The van der Waals surface area contributed by atoms with Gasteiger partial charge in [-0.2, -0.15) is 5.26 Å². The summed E-state index contributed by atoms with van der Waals surface area (Å²) in [5.41, 5.74) is 0.891. The van der Waals surface area contributed by atoms with E-state index in [1.54, 1.807) is 24.3 Å². The van der Waals surface area contributed by atoms with E-state index in [2.05, 4.69) is 42.1 Å². The van der Waals surface area contributed by atoms with E-state index in [0.717, 1.165) is 0 Å². The second-order valence-corrected chi connectivity index (χ2v) is 4.58. The molecule has 0 unspecified atom stereocenters. The lowest BCUT2D eigenvalue weighted by molar-refractivity contribution is -0.234. The first-order chi connectivity index (χ1) is 10.6. The van der Waals surface area contributed by atoms with Gasteiger partial charge in [-0.1, -0.05) is 18.6 Å². The van der Waals surface area contributed by atoms with Gasteiger partial charge < -0.3 is 4.89 Å². The summed E-state index contributed by atoms with van der Waals surface area (Å²) >= 11 is 4.24. The van der Waals surface area contributed by atoms with Crippen LogP contribution in [0.25, 0.3) is 0 Å². The number of carbonyl (C=O) groups excluding carboxylic acids is 3. The fourth-order valence-electron chi connectivity index (χ4n) is 2.20. The molecule has 8 heteroatoms. The maximum absolute atomic E-state index is 12.0. The molecule has 1 heterocycles. The largest absolute Gasteiger partial charge is 0.342 e. The van der Waals surface area contributed by atoms with Crippen molar-refractivity contribution >= 4 is 55.0 Å². The van der Waals surface area contributed by atoms with E-state index in [0.29, 0.717) is 36.9 Å². The molecule has 1 aliphatic rings. The summed E-state index contributed by atoms with van der Waals surface area (Å²) in [6.07, 6.45) is 1.95. The Hall–Kier alpha value is -0.750. The molecule has 1 N–H and O–H groups in total. The molecule has 0 aromatic heterocycles. The van der Waals surface area contributed by atoms with E-state index in [1.165, 1.54) is 4.90 Å². The zero-order valence-corrected chi connectivity index (χ0v) is 15.9. The third-order valence-corrected chi connectivity index (χ3v) is 3.24. The van der Waals surface area contributed by atoms with Crippen molar-refractivity contribution < 1.29 is 24.5 Å². The third kappa shape index (κ3) is 4.88. The number of imide groups is 1. The van der Waals surface area contributed by atoms with Crippen LogP contribution in [0.2, 0.25) is 0 Å². The summed E-state index contributed by atoms with van der Waals surface area (Å²) in [4.78, 5) is 39.5. The van der Waals surface area contributed by atoms with Crippen molar-refractivity contribution in [2.75, 3.05) is 6.54 Å². The fourth-order valence-corrected chi connectivity index (χ4v) is 2.20. The van der Waals surface area contributed by atoms with E-state index in [1.807, 2.05) is 0 Å². The van der Waals surface area contributed by atoms with Gasteiger partial charge in [0.2, 0.25) is 0 Å². The van der Waals surface area contributed by atoms with Gasteiger partial charge in [0, 0.05) is 50.2 Å². The number of hydrogen-bond acceptors (Lipinski definition) is 5. The second-order valence-electron chi connectivity index (χ2n) is 4.58. The Labute approximate surface area is 151 Å². The Kier molecular flexibility index (Phi) is 8.86. The Bertz CT molecular complexity index is 515. The fraction of sp³-hybridized carbons (Fsp3) is 0.357. The number of hydrogen-bond donors (Lipinski definition) is 1. The van der Waals surface area contributed by atoms with Gasteiger partial charge in [-0.05, 0) is 25.0 Å². The summed E-state index contributed by atoms with van der Waals surface area (Å²) in [6.45, 7) is 0.334. The zero-order valence-electron chi connectivity index (χ0n) is 11.6. The average Bonchev–Trinajstić information content (AvgIpc) is 2.81. The normalized spacial score (nSPS) is 12.6. The lowest BCUT2D eigenvalue weighted by Gasteiger charge is -2.13. The summed E-state index contributed by atoms with van der Waals surface area (Å²) in [5.74, 6) is -1.20. The van der Waals surface area contributed by atoms with Gasteiger partial charge in [-0.15, -0.1) is 0 Å². The standard InChI is InChI=1S/C14H15NO5.I2/c16-12(20-19)8-2-1-5-9-15-13(17)10-6-3-4-7-11(10)14(15)18;1-2/h3-4,6-7,19H,1-2,5,8-9H2;. The molecule has 0 radical (unpaired) electrons. The van der Waals surface area contributed by atoms with Gasteiger partial charge >= 0.3 is 5.97 Å². The monoisotopic (exact) mass is 531 g/mol. The van der Waals surface area contributed by atoms with Gasteiger partial charge in [0.25, 0.3) is 11.8 Å². The number of unbranched alkanes of at least 4 members (excludes halogenated alkanes) is 2. The van der Waals surface area contributed by atoms with E-state index >= 15 is 0 Å². The lowest BCUT2D eigenvalue weighted by atomic mass is 10.1. The van der Waals surface area contributed by atoms with Crippen LogP contribution < -0.4 is 0 Å². The highest BCUT2D eigenvalue weighted by Crippen LogP contribution is 2.22. The van der Waals surface area contributed by atoms with Crippen LogP contribution in [0.3, 0.4) is 0 Å². The van der Waals surface area contributed by atoms with Gasteiger partial charge in [-0.3, -0.25) is 14.5 Å². The minimum atomic E-state index is -0.675. The molecule has 22 heavy (non-hydrogen) atoms. The third-order valence-electron chi connectivity index (χ3n) is 3.24. The van der Waals surface area contributed by atoms with Gasteiger partial charge in [0.1, 0.15) is 0 Å². The van der Waals surface area contributed by atoms with Crippen molar-refractivity contribution in [2.24, 2.45) is 0 Å². The maximum atomic E-state index is 12.0. The molecule has 0 bridgehead atoms. The van der Waals surface area contributed by atoms with E-state index < -0.39 is 5.97 Å². The molecular formula is C14H15I2NO5. The minimum absolute atomic E-state index is 0.124. The molecule has 0 spiro atoms. The number of fused-ring (bicyclic) bond motifs is 1. The van der Waals surface area contributed by atoms with Crippen molar-refractivity contribution in [1.82, 2.24) is 4.90 Å². The van der Waals surface area contributed by atoms with Crippen LogP contribution in [-0.2, 0) is 9.68 Å². The summed E-state index contributed by atoms with van der Waals surface area (Å²) in [6, 6.07) is 6.75. The van der Waals surface area contributed by atoms with Crippen LogP contribution in [0.1, 0.15) is 46.4 Å². The van der Waals surface area contributed by atoms with Crippen LogP contribution >= 0.6 is 37.2 Å². The van der Waals surface area contributed by atoms with Crippen molar-refractivity contribution in [1.29, 1.82) is 0 Å². The molecule has 120 valence electrons. The molecule has 0 atom stereocenters. The number of amides is 2. The second kappa shape index (κ2) is 10.1. The number of rotatable bonds is 6. The molecular weight excluding hydrogens is 516 g/mol. The molecule has 0 fully saturated rings. The first-order valence-corrected chi connectivity index (χ1v) is 12.9. The molecule has 1 aliphatic heterocycles. The van der Waals surface area contributed by atoms with Crippen molar-refractivity contribution in [3.8, 4) is 0 Å². The van der Waals surface area contributed by atoms with Crippen LogP contribution in [0.4, 0.5) is 0 Å². The molecule has 2 amide bonds. The van der Waals surface area contributed by atoms with E-state index in [9.17, 15) is 14.4 Å². The quantitative estimate of drug-likeness (QED) is 0.200. The van der Waals surface area contributed by atoms with Gasteiger partial charge in [0.15, 0.2) is 0 Å². The molecule has 1 aromatic rings. The highest BCUT2D eigenvalue weighted by Gasteiger charge is 2.34. The number of nitrogens with zero attached hydrogens (tertiary/aromatic N) is 1. The van der Waals surface area contributed by atoms with Crippen LogP contribution in [0, 0.1) is 0 Å². The highest BCUT2D eigenvalue weighted by atomic mass is 128. The smallest absolute Gasteiger partial charge is 0.301 e. The number of halogens is 2. The van der Waals surface area contributed by atoms with Crippen molar-refractivity contribution in [2.45, 2.75) is 25.7 Å². The molecule has 1 aromatic carbocycles. The molecule has 2 rings (SSSR count). The molecule has 0 aliphatic carbocycles. The van der Waals surface area contributed by atoms with Crippen molar-refractivity contribution in [3.05, 3.63) is 35.4 Å². The number of carbonyl (C=O) groups is 3. The van der Waals surface area contributed by atoms with Gasteiger partial charge in [0.05, 0.1) is 11.1 Å².